The minimum atomic E-state index is 0. The van der Waals surface area contributed by atoms with E-state index in [-0.39, 0.29) is 24.2 Å². The van der Waals surface area contributed by atoms with Gasteiger partial charge in [0, 0.05) is 29.4 Å². The molecule has 1 saturated heterocycles. The van der Waals surface area contributed by atoms with Gasteiger partial charge >= 0.3 is 0 Å². The molecule has 3 rings (SSSR count). The maximum absolute atomic E-state index is 12.4. The number of carbonyl (C=O) groups is 1. The van der Waals surface area contributed by atoms with Crippen LogP contribution in [0.3, 0.4) is 0 Å². The highest BCUT2D eigenvalue weighted by Gasteiger charge is 2.24. The predicted octanol–water partition coefficient (Wildman–Crippen LogP) is 3.79. The summed E-state index contributed by atoms with van der Waals surface area (Å²) in [4.78, 5) is 12.4. The van der Waals surface area contributed by atoms with Crippen molar-refractivity contribution in [1.29, 1.82) is 0 Å². The average Bonchev–Trinajstić information content (AvgIpc) is 3.00. The summed E-state index contributed by atoms with van der Waals surface area (Å²) in [6.07, 6.45) is 7.00. The Morgan fingerprint density at radius 2 is 1.91 bits per heavy atom. The molecule has 2 fully saturated rings. The van der Waals surface area contributed by atoms with Crippen molar-refractivity contribution in [2.24, 2.45) is 5.92 Å². The number of carbonyl (C=O) groups excluding carboxylic acids is 1. The lowest BCUT2D eigenvalue weighted by atomic mass is 9.92. The molecule has 1 aliphatic carbocycles. The van der Waals surface area contributed by atoms with Gasteiger partial charge in [0.15, 0.2) is 0 Å². The highest BCUT2D eigenvalue weighted by atomic mass is 35.5. The highest BCUT2D eigenvalue weighted by molar-refractivity contribution is 5.93. The van der Waals surface area contributed by atoms with Gasteiger partial charge in [0.05, 0.1) is 0 Å². The molecular formula is C18H28ClN3O. The van der Waals surface area contributed by atoms with Crippen LogP contribution in [-0.2, 0) is 4.79 Å². The van der Waals surface area contributed by atoms with Gasteiger partial charge < -0.3 is 16.0 Å². The molecule has 128 valence electrons. The van der Waals surface area contributed by atoms with E-state index in [9.17, 15) is 4.79 Å². The van der Waals surface area contributed by atoms with Crippen LogP contribution in [0.1, 0.15) is 45.4 Å². The van der Waals surface area contributed by atoms with E-state index in [0.29, 0.717) is 12.1 Å². The van der Waals surface area contributed by atoms with Crippen LogP contribution in [-0.4, -0.2) is 24.5 Å². The van der Waals surface area contributed by atoms with Crippen molar-refractivity contribution >= 4 is 29.7 Å². The van der Waals surface area contributed by atoms with Crippen LogP contribution in [0.2, 0.25) is 0 Å². The normalized spacial score (nSPS) is 24.7. The van der Waals surface area contributed by atoms with Gasteiger partial charge in [-0.3, -0.25) is 4.79 Å². The molecule has 2 aliphatic rings. The second kappa shape index (κ2) is 8.55. The second-order valence-electron chi connectivity index (χ2n) is 6.77. The van der Waals surface area contributed by atoms with Crippen LogP contribution in [0.25, 0.3) is 0 Å². The topological polar surface area (TPSA) is 53.2 Å². The zero-order chi connectivity index (χ0) is 15.4. The Morgan fingerprint density at radius 1 is 1.17 bits per heavy atom. The van der Waals surface area contributed by atoms with E-state index in [1.807, 2.05) is 12.1 Å². The molecule has 1 saturated carbocycles. The molecule has 0 bridgehead atoms. The van der Waals surface area contributed by atoms with Crippen molar-refractivity contribution in [1.82, 2.24) is 5.32 Å². The summed E-state index contributed by atoms with van der Waals surface area (Å²) in [7, 11) is 0. The largest absolute Gasteiger partial charge is 0.382 e. The van der Waals surface area contributed by atoms with E-state index < -0.39 is 0 Å². The number of hydrogen-bond acceptors (Lipinski definition) is 3. The monoisotopic (exact) mass is 337 g/mol. The molecule has 0 aromatic heterocycles. The third kappa shape index (κ3) is 5.11. The molecule has 3 N–H and O–H groups in total. The number of amides is 1. The van der Waals surface area contributed by atoms with Gasteiger partial charge in [-0.2, -0.15) is 0 Å². The molecule has 1 heterocycles. The van der Waals surface area contributed by atoms with Gasteiger partial charge in [0.2, 0.25) is 5.91 Å². The minimum absolute atomic E-state index is 0. The fourth-order valence-corrected chi connectivity index (χ4v) is 3.61. The van der Waals surface area contributed by atoms with Gasteiger partial charge in [0.25, 0.3) is 0 Å². The number of nitrogens with one attached hydrogen (secondary N) is 3. The van der Waals surface area contributed by atoms with Gasteiger partial charge in [-0.05, 0) is 57.4 Å². The summed E-state index contributed by atoms with van der Waals surface area (Å²) in [6.45, 7) is 3.08. The molecule has 5 heteroatoms. The lowest BCUT2D eigenvalue weighted by Crippen LogP contribution is -2.40. The van der Waals surface area contributed by atoms with E-state index >= 15 is 0 Å². The molecule has 0 unspecified atom stereocenters. The van der Waals surface area contributed by atoms with Crippen LogP contribution >= 0.6 is 12.4 Å². The van der Waals surface area contributed by atoms with E-state index in [0.717, 1.165) is 30.8 Å². The molecule has 2 atom stereocenters. The number of halogens is 1. The molecule has 0 spiro atoms. The zero-order valence-corrected chi connectivity index (χ0v) is 14.6. The summed E-state index contributed by atoms with van der Waals surface area (Å²) in [5.74, 6) is 0.286. The van der Waals surface area contributed by atoms with Gasteiger partial charge in [-0.15, -0.1) is 12.4 Å². The second-order valence-corrected chi connectivity index (χ2v) is 6.77. The van der Waals surface area contributed by atoms with Crippen molar-refractivity contribution in [2.45, 2.75) is 57.5 Å². The first-order valence-corrected chi connectivity index (χ1v) is 8.61. The summed E-state index contributed by atoms with van der Waals surface area (Å²) >= 11 is 0. The van der Waals surface area contributed by atoms with E-state index in [1.165, 1.54) is 25.7 Å². The lowest BCUT2D eigenvalue weighted by Gasteiger charge is -2.27. The molecule has 1 aromatic rings. The smallest absolute Gasteiger partial charge is 0.227 e. The average molecular weight is 338 g/mol. The van der Waals surface area contributed by atoms with Crippen molar-refractivity contribution in [3.63, 3.8) is 0 Å². The van der Waals surface area contributed by atoms with Gasteiger partial charge in [0.1, 0.15) is 0 Å². The molecule has 4 nitrogen and oxygen atoms in total. The van der Waals surface area contributed by atoms with Crippen molar-refractivity contribution < 1.29 is 4.79 Å². The summed E-state index contributed by atoms with van der Waals surface area (Å²) in [6, 6.07) is 9.15. The first kappa shape index (κ1) is 18.1. The molecule has 1 amide bonds. The summed E-state index contributed by atoms with van der Waals surface area (Å²) in [5, 5.41) is 10.1. The lowest BCUT2D eigenvalue weighted by molar-refractivity contribution is -0.120. The summed E-state index contributed by atoms with van der Waals surface area (Å²) in [5.41, 5.74) is 2.02. The van der Waals surface area contributed by atoms with Crippen molar-refractivity contribution in [2.75, 3.05) is 17.2 Å². The Balaban J connectivity index is 0.00000192. The van der Waals surface area contributed by atoms with Crippen molar-refractivity contribution in [3.8, 4) is 0 Å². The predicted molar refractivity (Wildman–Crippen MR) is 98.4 cm³/mol. The fourth-order valence-electron chi connectivity index (χ4n) is 3.61. The Bertz CT molecular complexity index is 517. The first-order valence-electron chi connectivity index (χ1n) is 8.61. The third-order valence-electron chi connectivity index (χ3n) is 4.85. The molecular weight excluding hydrogens is 310 g/mol. The number of anilines is 2. The highest BCUT2D eigenvalue weighted by Crippen LogP contribution is 2.24. The van der Waals surface area contributed by atoms with Crippen LogP contribution in [0.4, 0.5) is 11.4 Å². The van der Waals surface area contributed by atoms with Gasteiger partial charge in [-0.25, -0.2) is 0 Å². The quantitative estimate of drug-likeness (QED) is 0.783. The molecule has 1 aliphatic heterocycles. The van der Waals surface area contributed by atoms with Crippen LogP contribution < -0.4 is 16.0 Å². The minimum Gasteiger partial charge on any atom is -0.382 e. The van der Waals surface area contributed by atoms with E-state index in [2.05, 4.69) is 35.0 Å². The standard InChI is InChI=1S/C18H27N3O.ClH/c1-13-11-14(9-10-19-13)18(22)21-17-8-4-7-16(12-17)20-15-5-2-3-6-15;/h4,7-8,12-15,19-20H,2-3,5-6,9-11H2,1H3,(H,21,22);1H/t13-,14-;/m0./s1. The molecule has 23 heavy (non-hydrogen) atoms. The van der Waals surface area contributed by atoms with E-state index in [4.69, 9.17) is 0 Å². The third-order valence-corrected chi connectivity index (χ3v) is 4.85. The van der Waals surface area contributed by atoms with Crippen LogP contribution in [0, 0.1) is 5.92 Å². The number of piperidine rings is 1. The maximum atomic E-state index is 12.4. The maximum Gasteiger partial charge on any atom is 0.227 e. The number of rotatable bonds is 4. The SMILES string of the molecule is C[C@H]1C[C@@H](C(=O)Nc2cccc(NC3CCCC3)c2)CCN1.Cl. The Hall–Kier alpha value is -1.26. The van der Waals surface area contributed by atoms with Crippen LogP contribution in [0.5, 0.6) is 0 Å². The van der Waals surface area contributed by atoms with Crippen LogP contribution in [0.15, 0.2) is 24.3 Å². The fraction of sp³-hybridized carbons (Fsp3) is 0.611. The number of hydrogen-bond donors (Lipinski definition) is 3. The first-order chi connectivity index (χ1) is 10.7. The number of benzene rings is 1. The molecule has 0 radical (unpaired) electrons. The molecule has 1 aromatic carbocycles. The van der Waals surface area contributed by atoms with Gasteiger partial charge in [-0.1, -0.05) is 18.9 Å². The Labute approximate surface area is 145 Å². The Morgan fingerprint density at radius 3 is 2.65 bits per heavy atom. The van der Waals surface area contributed by atoms with Crippen molar-refractivity contribution in [3.05, 3.63) is 24.3 Å². The zero-order valence-electron chi connectivity index (χ0n) is 13.8. The Kier molecular flexibility index (Phi) is 6.72. The van der Waals surface area contributed by atoms with E-state index in [1.54, 1.807) is 0 Å². The summed E-state index contributed by atoms with van der Waals surface area (Å²) < 4.78 is 0.